The molecule has 0 bridgehead atoms. The quantitative estimate of drug-likeness (QED) is 0.0693. The van der Waals surface area contributed by atoms with E-state index in [-0.39, 0.29) is 12.0 Å². The molecule has 1 N–H and O–H groups in total. The third-order valence-corrected chi connectivity index (χ3v) is 7.19. The predicted octanol–water partition coefficient (Wildman–Crippen LogP) is 9.30. The largest absolute Gasteiger partial charge is 0.457 e. The minimum Gasteiger partial charge on any atom is -0.457 e. The highest BCUT2D eigenvalue weighted by molar-refractivity contribution is 5.83. The third-order valence-electron chi connectivity index (χ3n) is 7.19. The fourth-order valence-corrected chi connectivity index (χ4v) is 4.85. The second-order valence-electron chi connectivity index (χ2n) is 10.3. The summed E-state index contributed by atoms with van der Waals surface area (Å²) in [5.74, 6) is -1.54. The Morgan fingerprint density at radius 1 is 0.854 bits per heavy atom. The van der Waals surface area contributed by atoms with Gasteiger partial charge in [-0.05, 0) is 18.6 Å². The number of unbranched alkanes of at least 4 members (excludes halogenated alkanes) is 9. The summed E-state index contributed by atoms with van der Waals surface area (Å²) in [6, 6.07) is 16.0. The van der Waals surface area contributed by atoms with Crippen molar-refractivity contribution in [3.05, 3.63) is 78.9 Å². The van der Waals surface area contributed by atoms with Crippen molar-refractivity contribution in [2.45, 2.75) is 108 Å². The number of hydrogen-bond donors (Lipinski definition) is 1. The molecule has 0 spiro atoms. The van der Waals surface area contributed by atoms with Crippen LogP contribution < -0.4 is 5.48 Å². The topological polar surface area (TPSA) is 56.8 Å². The van der Waals surface area contributed by atoms with Crippen molar-refractivity contribution >= 4 is 11.7 Å². The maximum Gasteiger partial charge on any atom is 0.432 e. The van der Waals surface area contributed by atoms with E-state index in [9.17, 15) is 18.0 Å². The van der Waals surface area contributed by atoms with Gasteiger partial charge in [-0.3, -0.25) is 10.3 Å². The van der Waals surface area contributed by atoms with Gasteiger partial charge in [0.15, 0.2) is 0 Å². The number of hydrogen-bond acceptors (Lipinski definition) is 5. The van der Waals surface area contributed by atoms with Gasteiger partial charge >= 0.3 is 12.1 Å². The van der Waals surface area contributed by atoms with E-state index in [1.54, 1.807) is 18.2 Å². The van der Waals surface area contributed by atoms with E-state index in [2.05, 4.69) is 19.0 Å². The number of anilines is 1. The van der Waals surface area contributed by atoms with Crippen LogP contribution in [0.1, 0.15) is 89.5 Å². The molecular formula is C33H46F3NO4. The molecule has 228 valence electrons. The molecule has 0 fully saturated rings. The zero-order chi connectivity index (χ0) is 30.0. The summed E-state index contributed by atoms with van der Waals surface area (Å²) in [7, 11) is 0.860. The van der Waals surface area contributed by atoms with E-state index in [1.807, 2.05) is 18.2 Å². The molecule has 0 radical (unpaired) electrons. The maximum absolute atomic E-state index is 14.5. The van der Waals surface area contributed by atoms with E-state index < -0.39 is 30.0 Å². The van der Waals surface area contributed by atoms with Gasteiger partial charge < -0.3 is 9.47 Å². The number of benzene rings is 2. The van der Waals surface area contributed by atoms with E-state index in [0.29, 0.717) is 12.1 Å². The van der Waals surface area contributed by atoms with E-state index in [4.69, 9.17) is 14.3 Å². The first-order valence-electron chi connectivity index (χ1n) is 14.8. The van der Waals surface area contributed by atoms with Crippen LogP contribution in [0, 0.1) is 0 Å². The van der Waals surface area contributed by atoms with Crippen LogP contribution in [-0.2, 0) is 24.7 Å². The lowest BCUT2D eigenvalue weighted by molar-refractivity contribution is -0.279. The van der Waals surface area contributed by atoms with Crippen LogP contribution in [0.2, 0.25) is 0 Å². The number of carbonyl (C=O) groups is 1. The van der Waals surface area contributed by atoms with Crippen LogP contribution >= 0.6 is 0 Å². The van der Waals surface area contributed by atoms with Gasteiger partial charge in [0.1, 0.15) is 12.2 Å². The van der Waals surface area contributed by atoms with Crippen LogP contribution in [0.25, 0.3) is 0 Å². The Morgan fingerprint density at radius 2 is 1.39 bits per heavy atom. The zero-order valence-corrected chi connectivity index (χ0v) is 24.5. The number of esters is 1. The lowest BCUT2D eigenvalue weighted by Gasteiger charge is -2.35. The number of alkyl halides is 3. The lowest BCUT2D eigenvalue weighted by Crippen LogP contribution is -2.53. The average Bonchev–Trinajstić information content (AvgIpc) is 2.96. The first-order valence-corrected chi connectivity index (χ1v) is 14.8. The molecule has 41 heavy (non-hydrogen) atoms. The molecule has 0 aliphatic rings. The molecule has 2 aromatic rings. The maximum atomic E-state index is 14.5. The molecule has 0 aliphatic carbocycles. The van der Waals surface area contributed by atoms with Gasteiger partial charge in [-0.15, -0.1) is 6.58 Å². The highest BCUT2D eigenvalue weighted by Gasteiger charge is 2.64. The molecule has 2 rings (SSSR count). The summed E-state index contributed by atoms with van der Waals surface area (Å²) in [6.07, 6.45) is 6.76. The Kier molecular flexibility index (Phi) is 15.6. The van der Waals surface area contributed by atoms with Crippen molar-refractivity contribution in [2.75, 3.05) is 12.6 Å². The molecule has 0 unspecified atom stereocenters. The summed E-state index contributed by atoms with van der Waals surface area (Å²) in [5.41, 5.74) is -0.0763. The molecule has 0 saturated carbocycles. The summed E-state index contributed by atoms with van der Waals surface area (Å²) in [4.78, 5) is 19.3. The Morgan fingerprint density at radius 3 is 1.90 bits per heavy atom. The zero-order valence-electron chi connectivity index (χ0n) is 24.5. The SMILES string of the molecule is C=CC[C@H](OC(=O)[C@](OC)(c1ccccc1)C(F)(F)F)[C@@H](CCCCCCCCCCCC)ONc1ccccc1. The van der Waals surface area contributed by atoms with Crippen LogP contribution in [0.5, 0.6) is 0 Å². The summed E-state index contributed by atoms with van der Waals surface area (Å²) >= 11 is 0. The van der Waals surface area contributed by atoms with Gasteiger partial charge in [-0.25, -0.2) is 4.79 Å². The lowest BCUT2D eigenvalue weighted by atomic mass is 9.92. The second-order valence-corrected chi connectivity index (χ2v) is 10.3. The van der Waals surface area contributed by atoms with Gasteiger partial charge in [0.2, 0.25) is 0 Å². The smallest absolute Gasteiger partial charge is 0.432 e. The molecule has 0 amide bonds. The molecular weight excluding hydrogens is 531 g/mol. The monoisotopic (exact) mass is 577 g/mol. The molecule has 2 aromatic carbocycles. The van der Waals surface area contributed by atoms with Crippen molar-refractivity contribution < 1.29 is 32.3 Å². The normalized spacial score (nSPS) is 14.6. The van der Waals surface area contributed by atoms with Crippen molar-refractivity contribution in [1.82, 2.24) is 0 Å². The highest BCUT2D eigenvalue weighted by atomic mass is 19.4. The van der Waals surface area contributed by atoms with E-state index in [1.165, 1.54) is 68.9 Å². The summed E-state index contributed by atoms with van der Waals surface area (Å²) < 4.78 is 53.9. The molecule has 8 heteroatoms. The first-order chi connectivity index (χ1) is 19.8. The number of methoxy groups -OCH3 is 1. The molecule has 3 atom stereocenters. The molecule has 0 aromatic heterocycles. The Hall–Kier alpha value is -2.84. The number of para-hydroxylation sites is 1. The van der Waals surface area contributed by atoms with E-state index >= 15 is 0 Å². The first kappa shape index (κ1) is 34.4. The van der Waals surface area contributed by atoms with Crippen LogP contribution in [-0.4, -0.2) is 31.5 Å². The summed E-state index contributed by atoms with van der Waals surface area (Å²) in [6.45, 7) is 5.94. The third kappa shape index (κ3) is 10.8. The van der Waals surface area contributed by atoms with Crippen LogP contribution in [0.15, 0.2) is 73.3 Å². The van der Waals surface area contributed by atoms with Gasteiger partial charge in [-0.1, -0.05) is 126 Å². The fraction of sp³-hybridized carbons (Fsp3) is 0.545. The minimum atomic E-state index is -5.06. The van der Waals surface area contributed by atoms with Gasteiger partial charge in [-0.2, -0.15) is 13.2 Å². The second kappa shape index (κ2) is 18.6. The van der Waals surface area contributed by atoms with Crippen LogP contribution in [0.4, 0.5) is 18.9 Å². The molecule has 5 nitrogen and oxygen atoms in total. The Bertz CT molecular complexity index is 987. The van der Waals surface area contributed by atoms with Gasteiger partial charge in [0, 0.05) is 19.1 Å². The van der Waals surface area contributed by atoms with Crippen LogP contribution in [0.3, 0.4) is 0 Å². The van der Waals surface area contributed by atoms with Crippen molar-refractivity contribution in [1.29, 1.82) is 0 Å². The Labute approximate surface area is 243 Å². The van der Waals surface area contributed by atoms with Crippen molar-refractivity contribution in [3.8, 4) is 0 Å². The van der Waals surface area contributed by atoms with Gasteiger partial charge in [0.05, 0.1) is 5.69 Å². The van der Waals surface area contributed by atoms with Crippen molar-refractivity contribution in [2.24, 2.45) is 0 Å². The number of halogens is 3. The number of nitrogens with one attached hydrogen (secondary N) is 1. The average molecular weight is 578 g/mol. The predicted molar refractivity (Wildman–Crippen MR) is 157 cm³/mol. The van der Waals surface area contributed by atoms with E-state index in [0.717, 1.165) is 32.8 Å². The molecule has 0 saturated heterocycles. The Balaban J connectivity index is 2.13. The van der Waals surface area contributed by atoms with Gasteiger partial charge in [0.25, 0.3) is 5.60 Å². The molecule has 0 aliphatic heterocycles. The van der Waals surface area contributed by atoms with Crippen molar-refractivity contribution in [3.63, 3.8) is 0 Å². The number of carbonyl (C=O) groups excluding carboxylic acids is 1. The number of ether oxygens (including phenoxy) is 2. The highest BCUT2D eigenvalue weighted by Crippen LogP contribution is 2.43. The standard InChI is InChI=1S/C33H46F3NO4/c1-4-6-7-8-9-10-11-12-13-20-26-30(41-37-28-24-18-15-19-25-28)29(21-5-2)40-31(38)32(39-3,33(34,35)36)27-22-16-14-17-23-27/h5,14-19,22-25,29-30,37H,2,4,6-13,20-21,26H2,1,3H3/t29-,30+,32+/m0/s1. The summed E-state index contributed by atoms with van der Waals surface area (Å²) in [5, 5.41) is 0. The minimum absolute atomic E-state index is 0.108. The molecule has 0 heterocycles. The fourth-order valence-electron chi connectivity index (χ4n) is 4.85. The number of rotatable bonds is 21.